The number of amides is 1. The first kappa shape index (κ1) is 16.8. The van der Waals surface area contributed by atoms with Crippen LogP contribution in [0.15, 0.2) is 36.7 Å². The molecule has 1 amide bonds. The Morgan fingerprint density at radius 3 is 2.69 bits per heavy atom. The molecule has 0 N–H and O–H groups in total. The molecule has 0 atom stereocenters. The van der Waals surface area contributed by atoms with E-state index in [1.54, 1.807) is 24.5 Å². The SMILES string of the molecule is O=C(c1ccncc1)N1CCCN(c2nc3c(F)cc(F)cc3s2)CC1. The van der Waals surface area contributed by atoms with Crippen molar-refractivity contribution in [1.82, 2.24) is 14.9 Å². The molecular formula is C18H16F2N4OS. The van der Waals surface area contributed by atoms with Gasteiger partial charge in [0.25, 0.3) is 5.91 Å². The fourth-order valence-corrected chi connectivity index (χ4v) is 4.13. The van der Waals surface area contributed by atoms with Crippen LogP contribution in [0, 0.1) is 11.6 Å². The zero-order chi connectivity index (χ0) is 18.1. The van der Waals surface area contributed by atoms with Crippen molar-refractivity contribution in [2.45, 2.75) is 6.42 Å². The van der Waals surface area contributed by atoms with E-state index in [0.29, 0.717) is 41.6 Å². The molecule has 3 heterocycles. The minimum Gasteiger partial charge on any atom is -0.346 e. The lowest BCUT2D eigenvalue weighted by atomic mass is 10.2. The second-order valence-electron chi connectivity index (χ2n) is 6.10. The van der Waals surface area contributed by atoms with E-state index in [9.17, 15) is 13.6 Å². The molecule has 0 saturated carbocycles. The summed E-state index contributed by atoms with van der Waals surface area (Å²) in [5, 5.41) is 0.655. The Kier molecular flexibility index (Phi) is 4.50. The van der Waals surface area contributed by atoms with E-state index >= 15 is 0 Å². The summed E-state index contributed by atoms with van der Waals surface area (Å²) < 4.78 is 27.8. The van der Waals surface area contributed by atoms with Gasteiger partial charge in [-0.3, -0.25) is 9.78 Å². The number of nitrogens with zero attached hydrogens (tertiary/aromatic N) is 4. The second kappa shape index (κ2) is 6.95. The smallest absolute Gasteiger partial charge is 0.254 e. The second-order valence-corrected chi connectivity index (χ2v) is 7.11. The molecule has 5 nitrogen and oxygen atoms in total. The van der Waals surface area contributed by atoms with Crippen molar-refractivity contribution in [3.63, 3.8) is 0 Å². The van der Waals surface area contributed by atoms with Gasteiger partial charge in [0, 0.05) is 50.2 Å². The largest absolute Gasteiger partial charge is 0.346 e. The maximum Gasteiger partial charge on any atom is 0.254 e. The molecule has 3 aromatic rings. The molecule has 0 spiro atoms. The summed E-state index contributed by atoms with van der Waals surface area (Å²) in [6, 6.07) is 5.56. The minimum atomic E-state index is -0.646. The monoisotopic (exact) mass is 374 g/mol. The van der Waals surface area contributed by atoms with Crippen molar-refractivity contribution >= 4 is 32.6 Å². The Morgan fingerprint density at radius 2 is 1.88 bits per heavy atom. The predicted octanol–water partition coefficient (Wildman–Crippen LogP) is 3.32. The third kappa shape index (κ3) is 3.24. The van der Waals surface area contributed by atoms with E-state index in [4.69, 9.17) is 0 Å². The number of pyridine rings is 1. The van der Waals surface area contributed by atoms with Gasteiger partial charge in [-0.1, -0.05) is 11.3 Å². The first-order chi connectivity index (χ1) is 12.6. The minimum absolute atomic E-state index is 0.0216. The third-order valence-corrected chi connectivity index (χ3v) is 5.45. The number of aromatic nitrogens is 2. The maximum absolute atomic E-state index is 13.9. The third-order valence-electron chi connectivity index (χ3n) is 4.38. The number of hydrogen-bond acceptors (Lipinski definition) is 5. The Balaban J connectivity index is 1.52. The lowest BCUT2D eigenvalue weighted by Gasteiger charge is -2.21. The average Bonchev–Trinajstić information content (AvgIpc) is 2.92. The van der Waals surface area contributed by atoms with Crippen LogP contribution in [-0.2, 0) is 0 Å². The van der Waals surface area contributed by atoms with E-state index in [0.717, 1.165) is 12.5 Å². The van der Waals surface area contributed by atoms with Gasteiger partial charge >= 0.3 is 0 Å². The molecule has 1 aliphatic rings. The van der Waals surface area contributed by atoms with Crippen molar-refractivity contribution in [2.75, 3.05) is 31.1 Å². The highest BCUT2D eigenvalue weighted by Crippen LogP contribution is 2.31. The quantitative estimate of drug-likeness (QED) is 0.691. The van der Waals surface area contributed by atoms with Gasteiger partial charge in [0.1, 0.15) is 11.3 Å². The Labute approximate surface area is 152 Å². The summed E-state index contributed by atoms with van der Waals surface area (Å²) in [6.07, 6.45) is 3.99. The molecule has 0 unspecified atom stereocenters. The lowest BCUT2D eigenvalue weighted by Crippen LogP contribution is -2.35. The number of benzene rings is 1. The highest BCUT2D eigenvalue weighted by Gasteiger charge is 2.22. The molecule has 0 aliphatic carbocycles. The molecule has 1 aromatic carbocycles. The zero-order valence-electron chi connectivity index (χ0n) is 13.9. The van der Waals surface area contributed by atoms with E-state index in [2.05, 4.69) is 9.97 Å². The predicted molar refractivity (Wildman–Crippen MR) is 96.5 cm³/mol. The molecule has 134 valence electrons. The average molecular weight is 374 g/mol. The number of anilines is 1. The van der Waals surface area contributed by atoms with Crippen LogP contribution < -0.4 is 4.90 Å². The van der Waals surface area contributed by atoms with Crippen LogP contribution in [-0.4, -0.2) is 47.0 Å². The first-order valence-corrected chi connectivity index (χ1v) is 9.13. The van der Waals surface area contributed by atoms with E-state index in [1.165, 1.54) is 17.4 Å². The van der Waals surface area contributed by atoms with Gasteiger partial charge in [0.15, 0.2) is 10.9 Å². The van der Waals surface area contributed by atoms with Gasteiger partial charge in [0.05, 0.1) is 4.70 Å². The van der Waals surface area contributed by atoms with E-state index in [1.807, 2.05) is 9.80 Å². The normalized spacial score (nSPS) is 15.3. The maximum atomic E-state index is 13.9. The van der Waals surface area contributed by atoms with Gasteiger partial charge in [0.2, 0.25) is 0 Å². The van der Waals surface area contributed by atoms with Crippen LogP contribution in [0.1, 0.15) is 16.8 Å². The van der Waals surface area contributed by atoms with Gasteiger partial charge in [-0.2, -0.15) is 0 Å². The summed E-state index contributed by atoms with van der Waals surface area (Å²) in [5.41, 5.74) is 0.811. The summed E-state index contributed by atoms with van der Waals surface area (Å²) in [6.45, 7) is 2.50. The number of halogens is 2. The van der Waals surface area contributed by atoms with Crippen molar-refractivity contribution in [3.05, 3.63) is 53.9 Å². The van der Waals surface area contributed by atoms with Crippen LogP contribution in [0.2, 0.25) is 0 Å². The zero-order valence-corrected chi connectivity index (χ0v) is 14.7. The number of carbonyl (C=O) groups is 1. The highest BCUT2D eigenvalue weighted by molar-refractivity contribution is 7.22. The van der Waals surface area contributed by atoms with E-state index < -0.39 is 11.6 Å². The van der Waals surface area contributed by atoms with Crippen LogP contribution in [0.25, 0.3) is 10.2 Å². The van der Waals surface area contributed by atoms with Crippen molar-refractivity contribution < 1.29 is 13.6 Å². The summed E-state index contributed by atoms with van der Waals surface area (Å²) in [4.78, 5) is 24.7. The van der Waals surface area contributed by atoms with Crippen LogP contribution in [0.3, 0.4) is 0 Å². The summed E-state index contributed by atoms with van der Waals surface area (Å²) in [7, 11) is 0. The van der Waals surface area contributed by atoms with Crippen LogP contribution >= 0.6 is 11.3 Å². The number of carbonyl (C=O) groups excluding carboxylic acids is 1. The molecule has 8 heteroatoms. The molecule has 4 rings (SSSR count). The molecule has 0 bridgehead atoms. The Hall–Kier alpha value is -2.61. The summed E-state index contributed by atoms with van der Waals surface area (Å²) >= 11 is 1.27. The molecule has 0 radical (unpaired) electrons. The van der Waals surface area contributed by atoms with Crippen LogP contribution in [0.5, 0.6) is 0 Å². The van der Waals surface area contributed by atoms with E-state index in [-0.39, 0.29) is 11.4 Å². The van der Waals surface area contributed by atoms with Crippen molar-refractivity contribution in [1.29, 1.82) is 0 Å². The fourth-order valence-electron chi connectivity index (χ4n) is 3.07. The van der Waals surface area contributed by atoms with Gasteiger partial charge in [-0.25, -0.2) is 13.8 Å². The number of thiazole rings is 1. The molecule has 1 saturated heterocycles. The highest BCUT2D eigenvalue weighted by atomic mass is 32.1. The number of fused-ring (bicyclic) bond motifs is 1. The Bertz CT molecular complexity index is 947. The van der Waals surface area contributed by atoms with Crippen LogP contribution in [0.4, 0.5) is 13.9 Å². The van der Waals surface area contributed by atoms with Gasteiger partial charge in [-0.15, -0.1) is 0 Å². The lowest BCUT2D eigenvalue weighted by molar-refractivity contribution is 0.0767. The van der Waals surface area contributed by atoms with Gasteiger partial charge in [-0.05, 0) is 24.6 Å². The summed E-state index contributed by atoms with van der Waals surface area (Å²) in [5.74, 6) is -1.27. The molecule has 2 aromatic heterocycles. The fraction of sp³-hybridized carbons (Fsp3) is 0.278. The topological polar surface area (TPSA) is 49.3 Å². The molecule has 1 fully saturated rings. The van der Waals surface area contributed by atoms with Gasteiger partial charge < -0.3 is 9.80 Å². The number of rotatable bonds is 2. The number of hydrogen-bond donors (Lipinski definition) is 0. The molecule has 1 aliphatic heterocycles. The molecule has 26 heavy (non-hydrogen) atoms. The van der Waals surface area contributed by atoms with Crippen molar-refractivity contribution in [2.24, 2.45) is 0 Å². The molecular weight excluding hydrogens is 358 g/mol. The standard InChI is InChI=1S/C18H16F2N4OS/c19-13-10-14(20)16-15(11-13)26-18(22-16)24-7-1-6-23(8-9-24)17(25)12-2-4-21-5-3-12/h2-5,10-11H,1,6-9H2. The van der Waals surface area contributed by atoms with Crippen molar-refractivity contribution in [3.8, 4) is 0 Å². The Morgan fingerprint density at radius 1 is 1.08 bits per heavy atom. The first-order valence-electron chi connectivity index (χ1n) is 8.31.